The van der Waals surface area contributed by atoms with Gasteiger partial charge in [-0.15, -0.1) is 0 Å². The molecular formula is C14H21FN2O2. The minimum absolute atomic E-state index is 0.00152. The highest BCUT2D eigenvalue weighted by atomic mass is 19.1. The average molecular weight is 268 g/mol. The van der Waals surface area contributed by atoms with Gasteiger partial charge in [0, 0.05) is 43.9 Å². The molecule has 1 fully saturated rings. The predicted molar refractivity (Wildman–Crippen MR) is 71.7 cm³/mol. The van der Waals surface area contributed by atoms with Crippen molar-refractivity contribution in [1.29, 1.82) is 0 Å². The van der Waals surface area contributed by atoms with Gasteiger partial charge in [0.2, 0.25) is 0 Å². The van der Waals surface area contributed by atoms with E-state index in [0.29, 0.717) is 0 Å². The molecule has 2 N–H and O–H groups in total. The quantitative estimate of drug-likeness (QED) is 0.850. The van der Waals surface area contributed by atoms with Crippen LogP contribution < -0.4 is 5.32 Å². The summed E-state index contributed by atoms with van der Waals surface area (Å²) in [6.45, 7) is 7.29. The van der Waals surface area contributed by atoms with Crippen LogP contribution in [0.3, 0.4) is 0 Å². The summed E-state index contributed by atoms with van der Waals surface area (Å²) < 4.78 is 18.2. The molecule has 1 unspecified atom stereocenters. The van der Waals surface area contributed by atoms with E-state index in [9.17, 15) is 9.50 Å². The Morgan fingerprint density at radius 3 is 2.84 bits per heavy atom. The number of phenols is 1. The first kappa shape index (κ1) is 14.2. The van der Waals surface area contributed by atoms with Crippen LogP contribution in [0.15, 0.2) is 18.2 Å². The van der Waals surface area contributed by atoms with Gasteiger partial charge in [-0.2, -0.15) is 0 Å². The first-order chi connectivity index (χ1) is 9.16. The molecule has 1 saturated heterocycles. The minimum atomic E-state index is -0.415. The summed E-state index contributed by atoms with van der Waals surface area (Å²) in [7, 11) is 0. The lowest BCUT2D eigenvalue weighted by Gasteiger charge is -2.27. The largest absolute Gasteiger partial charge is 0.508 e. The number of nitrogens with zero attached hydrogens (tertiary/aromatic N) is 1. The zero-order chi connectivity index (χ0) is 13.7. The lowest BCUT2D eigenvalue weighted by molar-refractivity contribution is 0.0382. The molecule has 0 amide bonds. The van der Waals surface area contributed by atoms with Crippen LogP contribution in [-0.2, 0) is 4.74 Å². The molecule has 0 spiro atoms. The molecule has 1 aromatic carbocycles. The lowest BCUT2D eigenvalue weighted by atomic mass is 10.1. The normalized spacial score (nSPS) is 18.4. The van der Waals surface area contributed by atoms with Crippen molar-refractivity contribution in [3.05, 3.63) is 29.6 Å². The van der Waals surface area contributed by atoms with Gasteiger partial charge >= 0.3 is 0 Å². The van der Waals surface area contributed by atoms with Crippen LogP contribution in [0.1, 0.15) is 18.5 Å². The standard InChI is InChI=1S/C14H21FN2O2/c1-11(13-3-2-12(15)10-14(13)18)16-4-5-17-6-8-19-9-7-17/h2-3,10-11,16,18H,4-9H2,1H3. The molecular weight excluding hydrogens is 247 g/mol. The Labute approximate surface area is 113 Å². The molecule has 1 aliphatic rings. The predicted octanol–water partition coefficient (Wildman–Crippen LogP) is 1.51. The first-order valence-electron chi connectivity index (χ1n) is 6.68. The summed E-state index contributed by atoms with van der Waals surface area (Å²) in [6, 6.07) is 4.14. The first-order valence-corrected chi connectivity index (χ1v) is 6.68. The van der Waals surface area contributed by atoms with E-state index in [-0.39, 0.29) is 11.8 Å². The van der Waals surface area contributed by atoms with E-state index in [4.69, 9.17) is 4.74 Å². The Morgan fingerprint density at radius 2 is 2.16 bits per heavy atom. The molecule has 19 heavy (non-hydrogen) atoms. The van der Waals surface area contributed by atoms with E-state index in [1.165, 1.54) is 6.07 Å². The average Bonchev–Trinajstić information content (AvgIpc) is 2.39. The number of nitrogens with one attached hydrogen (secondary N) is 1. The maximum absolute atomic E-state index is 12.9. The van der Waals surface area contributed by atoms with Gasteiger partial charge in [0.05, 0.1) is 13.2 Å². The fourth-order valence-electron chi connectivity index (χ4n) is 2.26. The van der Waals surface area contributed by atoms with Gasteiger partial charge in [-0.1, -0.05) is 6.07 Å². The van der Waals surface area contributed by atoms with Crippen LogP contribution >= 0.6 is 0 Å². The second-order valence-corrected chi connectivity index (χ2v) is 4.83. The third kappa shape index (κ3) is 4.16. The van der Waals surface area contributed by atoms with Crippen LogP contribution in [0.25, 0.3) is 0 Å². The number of ether oxygens (including phenoxy) is 1. The second-order valence-electron chi connectivity index (χ2n) is 4.83. The van der Waals surface area contributed by atoms with E-state index in [2.05, 4.69) is 10.2 Å². The highest BCUT2D eigenvalue weighted by Crippen LogP contribution is 2.24. The van der Waals surface area contributed by atoms with Crippen molar-refractivity contribution in [3.8, 4) is 5.75 Å². The van der Waals surface area contributed by atoms with Crippen molar-refractivity contribution in [3.63, 3.8) is 0 Å². The van der Waals surface area contributed by atoms with Crippen LogP contribution in [0.2, 0.25) is 0 Å². The number of phenolic OH excluding ortho intramolecular Hbond substituents is 1. The van der Waals surface area contributed by atoms with Crippen molar-refractivity contribution in [2.24, 2.45) is 0 Å². The number of aromatic hydroxyl groups is 1. The van der Waals surface area contributed by atoms with Crippen LogP contribution in [0.5, 0.6) is 5.75 Å². The van der Waals surface area contributed by atoms with E-state index in [0.717, 1.165) is 51.0 Å². The number of halogens is 1. The highest BCUT2D eigenvalue weighted by Gasteiger charge is 2.13. The Bertz CT molecular complexity index is 408. The van der Waals surface area contributed by atoms with Crippen LogP contribution in [0.4, 0.5) is 4.39 Å². The Balaban J connectivity index is 1.78. The third-order valence-electron chi connectivity index (χ3n) is 3.44. The molecule has 1 heterocycles. The van der Waals surface area contributed by atoms with Gasteiger partial charge in [-0.3, -0.25) is 4.90 Å². The Morgan fingerprint density at radius 1 is 1.42 bits per heavy atom. The van der Waals surface area contributed by atoms with E-state index in [1.807, 2.05) is 6.92 Å². The van der Waals surface area contributed by atoms with Crippen molar-refractivity contribution >= 4 is 0 Å². The minimum Gasteiger partial charge on any atom is -0.508 e. The molecule has 0 aliphatic carbocycles. The molecule has 5 heteroatoms. The zero-order valence-corrected chi connectivity index (χ0v) is 11.2. The summed E-state index contributed by atoms with van der Waals surface area (Å²) in [6.07, 6.45) is 0. The molecule has 0 aromatic heterocycles. The summed E-state index contributed by atoms with van der Waals surface area (Å²) >= 11 is 0. The number of benzene rings is 1. The number of hydrogen-bond acceptors (Lipinski definition) is 4. The van der Waals surface area contributed by atoms with E-state index < -0.39 is 5.82 Å². The topological polar surface area (TPSA) is 44.7 Å². The highest BCUT2D eigenvalue weighted by molar-refractivity contribution is 5.34. The Hall–Kier alpha value is -1.17. The summed E-state index contributed by atoms with van der Waals surface area (Å²) in [5, 5.41) is 13.0. The SMILES string of the molecule is CC(NCCN1CCOCC1)c1ccc(F)cc1O. The molecule has 0 radical (unpaired) electrons. The molecule has 0 saturated carbocycles. The van der Waals surface area contributed by atoms with Gasteiger partial charge in [0.15, 0.2) is 0 Å². The third-order valence-corrected chi connectivity index (χ3v) is 3.44. The van der Waals surface area contributed by atoms with E-state index in [1.54, 1.807) is 6.07 Å². The molecule has 2 rings (SSSR count). The number of morpholine rings is 1. The molecule has 4 nitrogen and oxygen atoms in total. The van der Waals surface area contributed by atoms with Crippen molar-refractivity contribution < 1.29 is 14.2 Å². The zero-order valence-electron chi connectivity index (χ0n) is 11.2. The van der Waals surface area contributed by atoms with Crippen LogP contribution in [0, 0.1) is 5.82 Å². The molecule has 106 valence electrons. The maximum Gasteiger partial charge on any atom is 0.126 e. The summed E-state index contributed by atoms with van der Waals surface area (Å²) in [5.74, 6) is -0.409. The smallest absolute Gasteiger partial charge is 0.126 e. The van der Waals surface area contributed by atoms with Gasteiger partial charge in [-0.05, 0) is 13.0 Å². The molecule has 1 aromatic rings. The molecule has 1 aliphatic heterocycles. The van der Waals surface area contributed by atoms with Crippen molar-refractivity contribution in [2.45, 2.75) is 13.0 Å². The lowest BCUT2D eigenvalue weighted by Crippen LogP contribution is -2.40. The Kier molecular flexibility index (Phi) is 5.13. The summed E-state index contributed by atoms with van der Waals surface area (Å²) in [5.41, 5.74) is 0.725. The monoisotopic (exact) mass is 268 g/mol. The van der Waals surface area contributed by atoms with Crippen molar-refractivity contribution in [2.75, 3.05) is 39.4 Å². The summed E-state index contributed by atoms with van der Waals surface area (Å²) in [4.78, 5) is 2.34. The van der Waals surface area contributed by atoms with Crippen LogP contribution in [-0.4, -0.2) is 49.4 Å². The van der Waals surface area contributed by atoms with E-state index >= 15 is 0 Å². The number of rotatable bonds is 5. The maximum atomic E-state index is 12.9. The van der Waals surface area contributed by atoms with Gasteiger partial charge in [-0.25, -0.2) is 4.39 Å². The fraction of sp³-hybridized carbons (Fsp3) is 0.571. The molecule has 1 atom stereocenters. The van der Waals surface area contributed by atoms with Gasteiger partial charge in [0.1, 0.15) is 11.6 Å². The molecule has 0 bridgehead atoms. The fourth-order valence-corrected chi connectivity index (χ4v) is 2.26. The van der Waals surface area contributed by atoms with Gasteiger partial charge < -0.3 is 15.2 Å². The van der Waals surface area contributed by atoms with Crippen molar-refractivity contribution in [1.82, 2.24) is 10.2 Å². The second kappa shape index (κ2) is 6.84. The number of hydrogen-bond donors (Lipinski definition) is 2. The van der Waals surface area contributed by atoms with Gasteiger partial charge in [0.25, 0.3) is 0 Å².